The number of nitrogens with two attached hydrogens (primary N) is 1. The van der Waals surface area contributed by atoms with Crippen molar-refractivity contribution in [3.05, 3.63) is 65.2 Å². The molecule has 0 amide bonds. The van der Waals surface area contributed by atoms with Crippen LogP contribution in [0.25, 0.3) is 11.4 Å². The summed E-state index contributed by atoms with van der Waals surface area (Å²) in [6, 6.07) is 15.3. The number of rotatable bonds is 2. The van der Waals surface area contributed by atoms with Gasteiger partial charge in [-0.3, -0.25) is 4.79 Å². The highest BCUT2D eigenvalue weighted by Crippen LogP contribution is 2.23. The standard InChI is InChI=1S/C20H22N4O/c1-13-5-7-14(8-6-13)17-22-19(21)24(23-17)18(25)15-9-11-16(12-10-15)20(2,3)4/h5-12H,1-4H3,(H2,21,22,23). The molecule has 0 saturated carbocycles. The molecule has 0 fully saturated rings. The lowest BCUT2D eigenvalue weighted by molar-refractivity contribution is 0.0948. The zero-order valence-electron chi connectivity index (χ0n) is 14.9. The van der Waals surface area contributed by atoms with Gasteiger partial charge in [-0.2, -0.15) is 9.67 Å². The van der Waals surface area contributed by atoms with Crippen LogP contribution in [-0.2, 0) is 5.41 Å². The summed E-state index contributed by atoms with van der Waals surface area (Å²) in [5, 5.41) is 4.29. The first kappa shape index (κ1) is 16.9. The molecule has 5 nitrogen and oxygen atoms in total. The second-order valence-corrected chi connectivity index (χ2v) is 7.20. The van der Waals surface area contributed by atoms with Crippen molar-refractivity contribution in [2.45, 2.75) is 33.1 Å². The van der Waals surface area contributed by atoms with E-state index in [2.05, 4.69) is 30.9 Å². The minimum Gasteiger partial charge on any atom is -0.368 e. The molecule has 0 aliphatic heterocycles. The summed E-state index contributed by atoms with van der Waals surface area (Å²) in [5.41, 5.74) is 9.61. The molecule has 0 atom stereocenters. The molecule has 0 bridgehead atoms. The van der Waals surface area contributed by atoms with Gasteiger partial charge in [0.1, 0.15) is 0 Å². The Bertz CT molecular complexity index is 900. The van der Waals surface area contributed by atoms with Gasteiger partial charge >= 0.3 is 0 Å². The number of nitrogen functional groups attached to an aromatic ring is 1. The third-order valence-corrected chi connectivity index (χ3v) is 4.13. The number of aromatic nitrogens is 3. The molecule has 5 heteroatoms. The van der Waals surface area contributed by atoms with Gasteiger partial charge in [0.05, 0.1) is 0 Å². The molecule has 25 heavy (non-hydrogen) atoms. The summed E-state index contributed by atoms with van der Waals surface area (Å²) in [4.78, 5) is 16.9. The van der Waals surface area contributed by atoms with Crippen molar-refractivity contribution in [1.82, 2.24) is 14.8 Å². The predicted molar refractivity (Wildman–Crippen MR) is 99.5 cm³/mol. The summed E-state index contributed by atoms with van der Waals surface area (Å²) in [5.74, 6) is 0.237. The second kappa shape index (κ2) is 6.16. The summed E-state index contributed by atoms with van der Waals surface area (Å²) in [6.45, 7) is 8.40. The highest BCUT2D eigenvalue weighted by molar-refractivity contribution is 5.97. The molecule has 2 aromatic carbocycles. The summed E-state index contributed by atoms with van der Waals surface area (Å²) >= 11 is 0. The van der Waals surface area contributed by atoms with Gasteiger partial charge in [0.25, 0.3) is 5.91 Å². The van der Waals surface area contributed by atoms with Crippen LogP contribution in [0.5, 0.6) is 0 Å². The van der Waals surface area contributed by atoms with E-state index in [1.807, 2.05) is 43.3 Å². The normalized spacial score (nSPS) is 11.5. The zero-order valence-corrected chi connectivity index (χ0v) is 14.9. The smallest absolute Gasteiger partial charge is 0.281 e. The van der Waals surface area contributed by atoms with Crippen molar-refractivity contribution in [2.24, 2.45) is 0 Å². The minimum atomic E-state index is -0.288. The molecule has 1 aromatic heterocycles. The molecule has 0 spiro atoms. The third-order valence-electron chi connectivity index (χ3n) is 4.13. The van der Waals surface area contributed by atoms with Crippen LogP contribution in [0.3, 0.4) is 0 Å². The van der Waals surface area contributed by atoms with Crippen LogP contribution in [0.4, 0.5) is 5.95 Å². The van der Waals surface area contributed by atoms with Gasteiger partial charge in [-0.15, -0.1) is 5.10 Å². The molecule has 128 valence electrons. The zero-order chi connectivity index (χ0) is 18.2. The Labute approximate surface area is 147 Å². The average Bonchev–Trinajstić information content (AvgIpc) is 2.96. The Morgan fingerprint density at radius 3 is 2.16 bits per heavy atom. The molecule has 0 radical (unpaired) electrons. The number of aryl methyl sites for hydroxylation is 1. The van der Waals surface area contributed by atoms with Gasteiger partial charge in [0.2, 0.25) is 5.95 Å². The van der Waals surface area contributed by atoms with E-state index in [1.54, 1.807) is 12.1 Å². The predicted octanol–water partition coefficient (Wildman–Crippen LogP) is 3.82. The van der Waals surface area contributed by atoms with E-state index in [9.17, 15) is 4.79 Å². The second-order valence-electron chi connectivity index (χ2n) is 7.20. The van der Waals surface area contributed by atoms with Gasteiger partial charge in [0, 0.05) is 11.1 Å². The molecule has 0 aliphatic rings. The lowest BCUT2D eigenvalue weighted by Crippen LogP contribution is -2.17. The number of hydrogen-bond acceptors (Lipinski definition) is 4. The van der Waals surface area contributed by atoms with Crippen molar-refractivity contribution >= 4 is 11.9 Å². The van der Waals surface area contributed by atoms with Crippen LogP contribution in [0.2, 0.25) is 0 Å². The van der Waals surface area contributed by atoms with Gasteiger partial charge in [-0.25, -0.2) is 0 Å². The van der Waals surface area contributed by atoms with E-state index in [4.69, 9.17) is 5.73 Å². The van der Waals surface area contributed by atoms with Gasteiger partial charge < -0.3 is 5.73 Å². The summed E-state index contributed by atoms with van der Waals surface area (Å²) < 4.78 is 1.15. The SMILES string of the molecule is Cc1ccc(-c2nc(N)n(C(=O)c3ccc(C(C)(C)C)cc3)n2)cc1. The van der Waals surface area contributed by atoms with Gasteiger partial charge in [-0.1, -0.05) is 62.7 Å². The highest BCUT2D eigenvalue weighted by atomic mass is 16.2. The number of benzene rings is 2. The first-order chi connectivity index (χ1) is 11.8. The largest absolute Gasteiger partial charge is 0.368 e. The number of nitrogens with zero attached hydrogens (tertiary/aromatic N) is 3. The molecule has 2 N–H and O–H groups in total. The lowest BCUT2D eigenvalue weighted by Gasteiger charge is -2.18. The Kier molecular flexibility index (Phi) is 4.17. The Morgan fingerprint density at radius 2 is 1.60 bits per heavy atom. The topological polar surface area (TPSA) is 73.8 Å². The van der Waals surface area contributed by atoms with Crippen LogP contribution in [0, 0.1) is 6.92 Å². The first-order valence-electron chi connectivity index (χ1n) is 8.20. The van der Waals surface area contributed by atoms with E-state index in [-0.39, 0.29) is 17.3 Å². The maximum absolute atomic E-state index is 12.7. The fourth-order valence-corrected chi connectivity index (χ4v) is 2.53. The molecule has 3 rings (SSSR count). The number of carbonyl (C=O) groups excluding carboxylic acids is 1. The van der Waals surface area contributed by atoms with Gasteiger partial charge in [-0.05, 0) is 30.0 Å². The molecule has 3 aromatic rings. The van der Waals surface area contributed by atoms with E-state index in [0.717, 1.165) is 21.4 Å². The Balaban J connectivity index is 1.91. The maximum atomic E-state index is 12.7. The first-order valence-corrected chi connectivity index (χ1v) is 8.20. The molecule has 0 aliphatic carbocycles. The van der Waals surface area contributed by atoms with Crippen molar-refractivity contribution in [2.75, 3.05) is 5.73 Å². The van der Waals surface area contributed by atoms with Gasteiger partial charge in [0.15, 0.2) is 5.82 Å². The van der Waals surface area contributed by atoms with Crippen LogP contribution in [0.15, 0.2) is 48.5 Å². The fourth-order valence-electron chi connectivity index (χ4n) is 2.53. The number of carbonyl (C=O) groups is 1. The molecular weight excluding hydrogens is 312 g/mol. The van der Waals surface area contributed by atoms with Crippen molar-refractivity contribution in [3.63, 3.8) is 0 Å². The van der Waals surface area contributed by atoms with E-state index < -0.39 is 0 Å². The fraction of sp³-hybridized carbons (Fsp3) is 0.250. The Hall–Kier alpha value is -2.95. The average molecular weight is 334 g/mol. The summed E-state index contributed by atoms with van der Waals surface area (Å²) in [6.07, 6.45) is 0. The highest BCUT2D eigenvalue weighted by Gasteiger charge is 2.18. The van der Waals surface area contributed by atoms with Crippen LogP contribution < -0.4 is 5.73 Å². The van der Waals surface area contributed by atoms with E-state index >= 15 is 0 Å². The maximum Gasteiger partial charge on any atom is 0.281 e. The molecular formula is C20H22N4O. The van der Waals surface area contributed by atoms with Crippen LogP contribution >= 0.6 is 0 Å². The Morgan fingerprint density at radius 1 is 1.00 bits per heavy atom. The van der Waals surface area contributed by atoms with E-state index in [0.29, 0.717) is 11.4 Å². The van der Waals surface area contributed by atoms with Crippen molar-refractivity contribution in [1.29, 1.82) is 0 Å². The molecule has 0 saturated heterocycles. The van der Waals surface area contributed by atoms with Crippen LogP contribution in [-0.4, -0.2) is 20.7 Å². The molecule has 1 heterocycles. The van der Waals surface area contributed by atoms with Crippen molar-refractivity contribution < 1.29 is 4.79 Å². The molecule has 0 unspecified atom stereocenters. The quantitative estimate of drug-likeness (QED) is 0.773. The monoisotopic (exact) mass is 334 g/mol. The number of hydrogen-bond donors (Lipinski definition) is 1. The minimum absolute atomic E-state index is 0.0342. The lowest BCUT2D eigenvalue weighted by atomic mass is 9.87. The number of anilines is 1. The summed E-state index contributed by atoms with van der Waals surface area (Å²) in [7, 11) is 0. The van der Waals surface area contributed by atoms with Crippen LogP contribution in [0.1, 0.15) is 42.3 Å². The van der Waals surface area contributed by atoms with E-state index in [1.165, 1.54) is 0 Å². The third kappa shape index (κ3) is 3.45. The van der Waals surface area contributed by atoms with Crippen molar-refractivity contribution in [3.8, 4) is 11.4 Å².